The predicted octanol–water partition coefficient (Wildman–Crippen LogP) is 5.11. The first kappa shape index (κ1) is 17.9. The number of fused-ring (bicyclic) bond motifs is 1. The summed E-state index contributed by atoms with van der Waals surface area (Å²) in [5, 5.41) is 0. The lowest BCUT2D eigenvalue weighted by Gasteiger charge is -2.31. The van der Waals surface area contributed by atoms with Crippen LogP contribution in [0.15, 0.2) is 60.8 Å². The van der Waals surface area contributed by atoms with Crippen LogP contribution in [0.3, 0.4) is 0 Å². The van der Waals surface area contributed by atoms with E-state index in [4.69, 9.17) is 4.74 Å². The summed E-state index contributed by atoms with van der Waals surface area (Å²) in [4.78, 5) is 2.63. The molecule has 1 aliphatic rings. The molecule has 0 N–H and O–H groups in total. The fourth-order valence-electron chi connectivity index (χ4n) is 4.17. The van der Waals surface area contributed by atoms with Crippen LogP contribution in [0.5, 0.6) is 5.75 Å². The highest BCUT2D eigenvalue weighted by Gasteiger charge is 2.27. The van der Waals surface area contributed by atoms with Crippen molar-refractivity contribution in [1.29, 1.82) is 0 Å². The zero-order valence-corrected chi connectivity index (χ0v) is 16.5. The van der Waals surface area contributed by atoms with Gasteiger partial charge >= 0.3 is 0 Å². The minimum Gasteiger partial charge on any atom is -0.497 e. The summed E-state index contributed by atoms with van der Waals surface area (Å²) in [5.74, 6) is 0.906. The molecular weight excluding hydrogens is 332 g/mol. The Balaban J connectivity index is 1.74. The number of nitrogens with zero attached hydrogens (tertiary/aromatic N) is 2. The van der Waals surface area contributed by atoms with E-state index < -0.39 is 0 Å². The van der Waals surface area contributed by atoms with Gasteiger partial charge in [0.15, 0.2) is 0 Å². The van der Waals surface area contributed by atoms with Crippen molar-refractivity contribution in [3.63, 3.8) is 0 Å². The van der Waals surface area contributed by atoms with Gasteiger partial charge in [-0.1, -0.05) is 35.9 Å². The van der Waals surface area contributed by atoms with Crippen molar-refractivity contribution in [3.8, 4) is 5.75 Å². The van der Waals surface area contributed by atoms with Crippen LogP contribution < -0.4 is 4.74 Å². The van der Waals surface area contributed by atoms with Crippen LogP contribution in [0.4, 0.5) is 0 Å². The minimum absolute atomic E-state index is 0.258. The molecule has 2 aromatic carbocycles. The van der Waals surface area contributed by atoms with E-state index in [9.17, 15) is 0 Å². The molecule has 3 aromatic rings. The van der Waals surface area contributed by atoms with Gasteiger partial charge in [0.1, 0.15) is 5.75 Å². The third kappa shape index (κ3) is 3.65. The van der Waals surface area contributed by atoms with Gasteiger partial charge in [-0.15, -0.1) is 0 Å². The number of ether oxygens (including phenoxy) is 1. The molecule has 140 valence electrons. The zero-order chi connectivity index (χ0) is 18.8. The summed E-state index contributed by atoms with van der Waals surface area (Å²) >= 11 is 0. The fourth-order valence-corrected chi connectivity index (χ4v) is 4.17. The average molecular weight is 361 g/mol. The van der Waals surface area contributed by atoms with Crippen LogP contribution >= 0.6 is 0 Å². The summed E-state index contributed by atoms with van der Waals surface area (Å²) in [6, 6.07) is 20.1. The van der Waals surface area contributed by atoms with Crippen molar-refractivity contribution >= 4 is 0 Å². The molecule has 0 fully saturated rings. The first-order chi connectivity index (χ1) is 13.2. The first-order valence-corrected chi connectivity index (χ1v) is 9.75. The monoisotopic (exact) mass is 360 g/mol. The molecule has 0 bridgehead atoms. The van der Waals surface area contributed by atoms with Crippen LogP contribution in [0.25, 0.3) is 0 Å². The Morgan fingerprint density at radius 2 is 1.81 bits per heavy atom. The molecule has 1 atom stereocenters. The van der Waals surface area contributed by atoms with Crippen molar-refractivity contribution in [2.24, 2.45) is 0 Å². The number of hydrogen-bond acceptors (Lipinski definition) is 2. The average Bonchev–Trinajstić information content (AvgIpc) is 3.06. The van der Waals surface area contributed by atoms with E-state index in [0.29, 0.717) is 0 Å². The molecular formula is C24H28N2O. The second-order valence-electron chi connectivity index (χ2n) is 7.56. The number of aromatic nitrogens is 1. The molecule has 1 aromatic heterocycles. The number of benzene rings is 2. The maximum absolute atomic E-state index is 5.37. The fraction of sp³-hybridized carbons (Fsp3) is 0.333. The Bertz CT molecular complexity index is 910. The molecule has 0 saturated heterocycles. The van der Waals surface area contributed by atoms with E-state index in [1.165, 1.54) is 34.4 Å². The maximum atomic E-state index is 5.37. The van der Waals surface area contributed by atoms with Crippen LogP contribution in [-0.4, -0.2) is 23.1 Å². The van der Waals surface area contributed by atoms with Gasteiger partial charge < -0.3 is 9.30 Å². The van der Waals surface area contributed by atoms with E-state index >= 15 is 0 Å². The topological polar surface area (TPSA) is 17.4 Å². The standard InChI is InChI=1S/C24H28N2O/c1-18-7-8-19(2)21(16-18)17-26-15-5-14-25-13-4-6-23(25)24(26)20-9-11-22(27-3)12-10-20/h4,6-13,16,24H,5,14-15,17H2,1-3H3. The van der Waals surface area contributed by atoms with Crippen LogP contribution in [-0.2, 0) is 13.1 Å². The lowest BCUT2D eigenvalue weighted by Crippen LogP contribution is -2.29. The summed E-state index contributed by atoms with van der Waals surface area (Å²) in [5.41, 5.74) is 6.82. The number of aryl methyl sites for hydroxylation is 3. The minimum atomic E-state index is 0.258. The Morgan fingerprint density at radius 3 is 2.59 bits per heavy atom. The number of rotatable bonds is 4. The third-order valence-electron chi connectivity index (χ3n) is 5.66. The zero-order valence-electron chi connectivity index (χ0n) is 16.5. The van der Waals surface area contributed by atoms with E-state index in [1.54, 1.807) is 7.11 Å². The molecule has 1 unspecified atom stereocenters. The quantitative estimate of drug-likeness (QED) is 0.643. The van der Waals surface area contributed by atoms with Gasteiger partial charge in [0, 0.05) is 31.5 Å². The van der Waals surface area contributed by atoms with Crippen molar-refractivity contribution in [2.45, 2.75) is 39.4 Å². The van der Waals surface area contributed by atoms with Gasteiger partial charge in [0.25, 0.3) is 0 Å². The molecule has 3 nitrogen and oxygen atoms in total. The maximum Gasteiger partial charge on any atom is 0.118 e. The second kappa shape index (κ2) is 7.61. The highest BCUT2D eigenvalue weighted by atomic mass is 16.5. The van der Waals surface area contributed by atoms with E-state index in [2.05, 4.69) is 84.1 Å². The highest BCUT2D eigenvalue weighted by Crippen LogP contribution is 2.34. The Hall–Kier alpha value is -2.52. The Kier molecular flexibility index (Phi) is 5.04. The Labute approximate surface area is 162 Å². The number of hydrogen-bond donors (Lipinski definition) is 0. The van der Waals surface area contributed by atoms with Gasteiger partial charge in [-0.2, -0.15) is 0 Å². The number of methoxy groups -OCH3 is 1. The van der Waals surface area contributed by atoms with Crippen molar-refractivity contribution in [3.05, 3.63) is 88.7 Å². The summed E-state index contributed by atoms with van der Waals surface area (Å²) in [6.07, 6.45) is 3.38. The predicted molar refractivity (Wildman–Crippen MR) is 110 cm³/mol. The van der Waals surface area contributed by atoms with Gasteiger partial charge in [-0.3, -0.25) is 4.90 Å². The summed E-state index contributed by atoms with van der Waals surface area (Å²) < 4.78 is 7.78. The van der Waals surface area contributed by atoms with Gasteiger partial charge in [-0.25, -0.2) is 0 Å². The Morgan fingerprint density at radius 1 is 1.00 bits per heavy atom. The molecule has 2 heterocycles. The van der Waals surface area contributed by atoms with Gasteiger partial charge in [0.2, 0.25) is 0 Å². The normalized spacial score (nSPS) is 17.4. The molecule has 27 heavy (non-hydrogen) atoms. The van der Waals surface area contributed by atoms with Crippen molar-refractivity contribution in [2.75, 3.05) is 13.7 Å². The SMILES string of the molecule is COc1ccc(C2c3cccn3CCCN2Cc2cc(C)ccc2C)cc1. The van der Waals surface area contributed by atoms with E-state index in [1.807, 2.05) is 0 Å². The molecule has 0 radical (unpaired) electrons. The summed E-state index contributed by atoms with van der Waals surface area (Å²) in [6.45, 7) is 7.54. The van der Waals surface area contributed by atoms with Crippen molar-refractivity contribution < 1.29 is 4.74 Å². The van der Waals surface area contributed by atoms with Gasteiger partial charge in [0.05, 0.1) is 13.2 Å². The first-order valence-electron chi connectivity index (χ1n) is 9.75. The lowest BCUT2D eigenvalue weighted by molar-refractivity contribution is 0.220. The van der Waals surface area contributed by atoms with E-state index in [-0.39, 0.29) is 6.04 Å². The molecule has 4 rings (SSSR count). The molecule has 1 aliphatic heterocycles. The third-order valence-corrected chi connectivity index (χ3v) is 5.66. The molecule has 0 spiro atoms. The molecule has 0 amide bonds. The van der Waals surface area contributed by atoms with Crippen molar-refractivity contribution in [1.82, 2.24) is 9.47 Å². The highest BCUT2D eigenvalue weighted by molar-refractivity contribution is 5.36. The molecule has 0 aliphatic carbocycles. The van der Waals surface area contributed by atoms with Crippen LogP contribution in [0, 0.1) is 13.8 Å². The van der Waals surface area contributed by atoms with Crippen LogP contribution in [0.1, 0.15) is 40.4 Å². The lowest BCUT2D eigenvalue weighted by atomic mass is 9.99. The van der Waals surface area contributed by atoms with Gasteiger partial charge in [-0.05, 0) is 61.2 Å². The largest absolute Gasteiger partial charge is 0.497 e. The molecule has 0 saturated carbocycles. The smallest absolute Gasteiger partial charge is 0.118 e. The van der Waals surface area contributed by atoms with Crippen LogP contribution in [0.2, 0.25) is 0 Å². The summed E-state index contributed by atoms with van der Waals surface area (Å²) in [7, 11) is 1.72. The molecule has 3 heteroatoms. The van der Waals surface area contributed by atoms with E-state index in [0.717, 1.165) is 25.4 Å². The second-order valence-corrected chi connectivity index (χ2v) is 7.56.